The van der Waals surface area contributed by atoms with Crippen molar-refractivity contribution in [3.63, 3.8) is 0 Å². The molecule has 0 saturated carbocycles. The standard InChI is InChI=1S/C39H25N3/c1-2-11-27(12-3-1)36-24-37(29-14-8-13-28(22-29)31-15-9-21-40-25-31)42-39(41-36)35-23-30-20-19-26-10-4-5-16-32(26)38(30)34-18-7-6-17-33(34)35/h1-25H. The average Bonchev–Trinajstić information content (AvgIpc) is 3.08. The molecule has 0 radical (unpaired) electrons. The van der Waals surface area contributed by atoms with Crippen LogP contribution in [-0.4, -0.2) is 15.0 Å². The largest absolute Gasteiger partial charge is 0.264 e. The fourth-order valence-corrected chi connectivity index (χ4v) is 5.93. The van der Waals surface area contributed by atoms with E-state index in [1.54, 1.807) is 6.20 Å². The van der Waals surface area contributed by atoms with Gasteiger partial charge in [-0.15, -0.1) is 0 Å². The third-order valence-electron chi connectivity index (χ3n) is 7.94. The Morgan fingerprint density at radius 1 is 0.405 bits per heavy atom. The summed E-state index contributed by atoms with van der Waals surface area (Å²) in [5.41, 5.74) is 7.07. The van der Waals surface area contributed by atoms with Gasteiger partial charge in [-0.2, -0.15) is 0 Å². The predicted molar refractivity (Wildman–Crippen MR) is 174 cm³/mol. The summed E-state index contributed by atoms with van der Waals surface area (Å²) in [6.07, 6.45) is 3.69. The average molecular weight is 536 g/mol. The van der Waals surface area contributed by atoms with Gasteiger partial charge in [-0.05, 0) is 62.1 Å². The fourth-order valence-electron chi connectivity index (χ4n) is 5.93. The number of pyridine rings is 1. The van der Waals surface area contributed by atoms with Crippen LogP contribution in [0, 0.1) is 0 Å². The summed E-state index contributed by atoms with van der Waals surface area (Å²) in [6, 6.07) is 48.9. The first-order valence-electron chi connectivity index (χ1n) is 14.1. The van der Waals surface area contributed by atoms with Gasteiger partial charge >= 0.3 is 0 Å². The number of hydrogen-bond acceptors (Lipinski definition) is 3. The van der Waals surface area contributed by atoms with Crippen LogP contribution in [0.25, 0.3) is 77.3 Å². The second kappa shape index (κ2) is 10.1. The minimum Gasteiger partial charge on any atom is -0.264 e. The summed E-state index contributed by atoms with van der Waals surface area (Å²) in [5, 5.41) is 7.27. The molecule has 0 aliphatic heterocycles. The lowest BCUT2D eigenvalue weighted by Gasteiger charge is -2.14. The molecule has 2 heterocycles. The lowest BCUT2D eigenvalue weighted by Crippen LogP contribution is -1.97. The number of rotatable bonds is 4. The first-order valence-corrected chi connectivity index (χ1v) is 14.1. The van der Waals surface area contributed by atoms with E-state index in [0.29, 0.717) is 5.82 Å². The molecule has 0 unspecified atom stereocenters. The normalized spacial score (nSPS) is 11.3. The molecular weight excluding hydrogens is 510 g/mol. The van der Waals surface area contributed by atoms with Crippen LogP contribution in [0.3, 0.4) is 0 Å². The first kappa shape index (κ1) is 24.2. The zero-order valence-corrected chi connectivity index (χ0v) is 22.8. The Bertz CT molecular complexity index is 2240. The van der Waals surface area contributed by atoms with Crippen molar-refractivity contribution in [3.8, 4) is 45.0 Å². The summed E-state index contributed by atoms with van der Waals surface area (Å²) in [4.78, 5) is 14.7. The molecule has 3 heteroatoms. The van der Waals surface area contributed by atoms with Crippen molar-refractivity contribution < 1.29 is 0 Å². The minimum atomic E-state index is 0.712. The highest BCUT2D eigenvalue weighted by atomic mass is 14.9. The zero-order chi connectivity index (χ0) is 27.9. The van der Waals surface area contributed by atoms with Crippen LogP contribution < -0.4 is 0 Å². The van der Waals surface area contributed by atoms with Crippen molar-refractivity contribution >= 4 is 32.3 Å². The topological polar surface area (TPSA) is 38.7 Å². The summed E-state index contributed by atoms with van der Waals surface area (Å²) >= 11 is 0. The Balaban J connectivity index is 1.40. The third kappa shape index (κ3) is 4.20. The van der Waals surface area contributed by atoms with Crippen molar-refractivity contribution in [3.05, 3.63) is 152 Å². The predicted octanol–water partition coefficient (Wildman–Crippen LogP) is 10.00. The maximum Gasteiger partial charge on any atom is 0.161 e. The first-order chi connectivity index (χ1) is 20.8. The maximum atomic E-state index is 5.23. The maximum absolute atomic E-state index is 5.23. The second-order valence-corrected chi connectivity index (χ2v) is 10.5. The van der Waals surface area contributed by atoms with E-state index < -0.39 is 0 Å². The van der Waals surface area contributed by atoms with Crippen LogP contribution in [0.5, 0.6) is 0 Å². The SMILES string of the molecule is c1ccc(-c2cc(-c3cccc(-c4cccnc4)c3)nc(-c3cc4ccc5ccccc5c4c4ccccc34)n2)cc1. The van der Waals surface area contributed by atoms with Gasteiger partial charge in [0.25, 0.3) is 0 Å². The number of hydrogen-bond donors (Lipinski definition) is 0. The molecule has 196 valence electrons. The summed E-state index contributed by atoms with van der Waals surface area (Å²) in [5.74, 6) is 0.712. The van der Waals surface area contributed by atoms with Crippen LogP contribution in [-0.2, 0) is 0 Å². The summed E-state index contributed by atoms with van der Waals surface area (Å²) < 4.78 is 0. The van der Waals surface area contributed by atoms with Gasteiger partial charge in [-0.1, -0.05) is 115 Å². The van der Waals surface area contributed by atoms with Crippen molar-refractivity contribution in [2.45, 2.75) is 0 Å². The molecule has 0 N–H and O–H groups in total. The van der Waals surface area contributed by atoms with Crippen molar-refractivity contribution in [2.24, 2.45) is 0 Å². The van der Waals surface area contributed by atoms with Gasteiger partial charge in [0.2, 0.25) is 0 Å². The van der Waals surface area contributed by atoms with E-state index in [4.69, 9.17) is 9.97 Å². The Kier molecular flexibility index (Phi) is 5.79. The monoisotopic (exact) mass is 535 g/mol. The number of aromatic nitrogens is 3. The van der Waals surface area contributed by atoms with Crippen molar-refractivity contribution in [2.75, 3.05) is 0 Å². The molecule has 0 fully saturated rings. The van der Waals surface area contributed by atoms with Crippen LogP contribution >= 0.6 is 0 Å². The van der Waals surface area contributed by atoms with Gasteiger partial charge in [-0.3, -0.25) is 4.98 Å². The minimum absolute atomic E-state index is 0.712. The molecule has 8 aromatic rings. The molecule has 3 nitrogen and oxygen atoms in total. The van der Waals surface area contributed by atoms with Crippen LogP contribution in [0.15, 0.2) is 152 Å². The molecule has 0 aliphatic rings. The Morgan fingerprint density at radius 2 is 1.07 bits per heavy atom. The molecule has 0 amide bonds. The lowest BCUT2D eigenvalue weighted by atomic mass is 9.93. The highest BCUT2D eigenvalue weighted by Crippen LogP contribution is 2.38. The Labute approximate surface area is 243 Å². The summed E-state index contributed by atoms with van der Waals surface area (Å²) in [7, 11) is 0. The van der Waals surface area contributed by atoms with E-state index in [2.05, 4.69) is 132 Å². The van der Waals surface area contributed by atoms with Crippen molar-refractivity contribution in [1.29, 1.82) is 0 Å². The lowest BCUT2D eigenvalue weighted by molar-refractivity contribution is 1.19. The molecule has 42 heavy (non-hydrogen) atoms. The number of nitrogens with zero attached hydrogens (tertiary/aromatic N) is 3. The van der Waals surface area contributed by atoms with E-state index in [9.17, 15) is 0 Å². The van der Waals surface area contributed by atoms with E-state index in [1.807, 2.05) is 18.3 Å². The van der Waals surface area contributed by atoms with Gasteiger partial charge in [0, 0.05) is 34.6 Å². The van der Waals surface area contributed by atoms with Gasteiger partial charge < -0.3 is 0 Å². The van der Waals surface area contributed by atoms with Crippen LogP contribution in [0.1, 0.15) is 0 Å². The van der Waals surface area contributed by atoms with E-state index in [0.717, 1.165) is 44.6 Å². The Morgan fingerprint density at radius 3 is 1.90 bits per heavy atom. The molecule has 0 bridgehead atoms. The molecule has 2 aromatic heterocycles. The van der Waals surface area contributed by atoms with Gasteiger partial charge in [-0.25, -0.2) is 9.97 Å². The highest BCUT2D eigenvalue weighted by Gasteiger charge is 2.16. The molecule has 0 spiro atoms. The van der Waals surface area contributed by atoms with Crippen LogP contribution in [0.2, 0.25) is 0 Å². The Hall–Kier alpha value is -5.67. The second-order valence-electron chi connectivity index (χ2n) is 10.5. The highest BCUT2D eigenvalue weighted by molar-refractivity contribution is 6.23. The molecule has 8 rings (SSSR count). The molecule has 0 atom stereocenters. The smallest absolute Gasteiger partial charge is 0.161 e. The quantitative estimate of drug-likeness (QED) is 0.211. The number of fused-ring (bicyclic) bond motifs is 5. The van der Waals surface area contributed by atoms with Gasteiger partial charge in [0.1, 0.15) is 0 Å². The fraction of sp³-hybridized carbons (Fsp3) is 0. The zero-order valence-electron chi connectivity index (χ0n) is 22.8. The molecule has 0 aliphatic carbocycles. The van der Waals surface area contributed by atoms with Crippen LogP contribution in [0.4, 0.5) is 0 Å². The summed E-state index contributed by atoms with van der Waals surface area (Å²) in [6.45, 7) is 0. The third-order valence-corrected chi connectivity index (χ3v) is 7.94. The van der Waals surface area contributed by atoms with E-state index in [1.165, 1.54) is 26.9 Å². The molecule has 6 aromatic carbocycles. The van der Waals surface area contributed by atoms with Gasteiger partial charge in [0.15, 0.2) is 5.82 Å². The van der Waals surface area contributed by atoms with Gasteiger partial charge in [0.05, 0.1) is 11.4 Å². The van der Waals surface area contributed by atoms with E-state index in [-0.39, 0.29) is 0 Å². The number of benzene rings is 6. The molecular formula is C39H25N3. The molecule has 0 saturated heterocycles. The van der Waals surface area contributed by atoms with E-state index >= 15 is 0 Å². The van der Waals surface area contributed by atoms with Crippen molar-refractivity contribution in [1.82, 2.24) is 15.0 Å².